The van der Waals surface area contributed by atoms with Crippen molar-refractivity contribution in [2.24, 2.45) is 0 Å². The highest BCUT2D eigenvalue weighted by Gasteiger charge is 2.20. The molecule has 13 heavy (non-hydrogen) atoms. The van der Waals surface area contributed by atoms with Gasteiger partial charge < -0.3 is 0 Å². The van der Waals surface area contributed by atoms with E-state index >= 15 is 0 Å². The van der Waals surface area contributed by atoms with Crippen LogP contribution in [0.3, 0.4) is 0 Å². The fraction of sp³-hybridized carbons (Fsp3) is 0.818. The van der Waals surface area contributed by atoms with E-state index in [0.29, 0.717) is 0 Å². The van der Waals surface area contributed by atoms with Crippen LogP contribution in [0.25, 0.3) is 0 Å². The average molecular weight is 182 g/mol. The molecule has 2 heteroatoms. The summed E-state index contributed by atoms with van der Waals surface area (Å²) in [6.45, 7) is 5.72. The Hall–Kier alpha value is -0.340. The Labute approximate surface area is 81.2 Å². The van der Waals surface area contributed by atoms with Crippen molar-refractivity contribution >= 4 is 0 Å². The first-order valence-electron chi connectivity index (χ1n) is 5.31. The lowest BCUT2D eigenvalue weighted by atomic mass is 10.2. The first-order chi connectivity index (χ1) is 6.38. The van der Waals surface area contributed by atoms with Gasteiger partial charge in [-0.05, 0) is 19.3 Å². The van der Waals surface area contributed by atoms with E-state index < -0.39 is 0 Å². The van der Waals surface area contributed by atoms with Crippen LogP contribution in [0, 0.1) is 0 Å². The molecule has 0 saturated heterocycles. The van der Waals surface area contributed by atoms with E-state index in [9.17, 15) is 5.11 Å². The second kappa shape index (κ2) is 6.17. The molecular weight excluding hydrogens is 162 g/mol. The van der Waals surface area contributed by atoms with E-state index in [0.717, 1.165) is 25.6 Å². The second-order valence-corrected chi connectivity index (χ2v) is 3.78. The smallest absolute Gasteiger partial charge is 0.0834 e. The topological polar surface area (TPSA) is 23.1 Å². The molecule has 0 aromatic carbocycles. The van der Waals surface area contributed by atoms with Crippen molar-refractivity contribution in [2.75, 3.05) is 19.7 Å². The van der Waals surface area contributed by atoms with E-state index in [1.54, 1.807) is 0 Å². The van der Waals surface area contributed by atoms with Gasteiger partial charge in [-0.1, -0.05) is 18.9 Å². The van der Waals surface area contributed by atoms with Crippen molar-refractivity contribution in [1.29, 1.82) is 0 Å². The summed E-state index contributed by atoms with van der Waals surface area (Å²) in [7, 11) is 0. The molecule has 0 unspecified atom stereocenters. The minimum Gasteiger partial charge on any atom is -0.297 e. The summed E-state index contributed by atoms with van der Waals surface area (Å²) in [5.74, 6) is 0. The maximum absolute atomic E-state index is 10.4. The van der Waals surface area contributed by atoms with Gasteiger partial charge in [-0.3, -0.25) is 4.90 Å². The van der Waals surface area contributed by atoms with Crippen LogP contribution in [0.5, 0.6) is 0 Å². The molecule has 0 aliphatic heterocycles. The first-order valence-corrected chi connectivity index (χ1v) is 5.31. The van der Waals surface area contributed by atoms with Gasteiger partial charge in [0.1, 0.15) is 0 Å². The molecule has 0 heterocycles. The molecule has 0 atom stereocenters. The molecule has 0 N–H and O–H groups in total. The van der Waals surface area contributed by atoms with Gasteiger partial charge in [0.05, 0.1) is 6.61 Å². The predicted molar refractivity (Wildman–Crippen MR) is 54.2 cm³/mol. The molecule has 0 aromatic heterocycles. The summed E-state index contributed by atoms with van der Waals surface area (Å²) in [6.07, 6.45) is 8.07. The zero-order valence-electron chi connectivity index (χ0n) is 8.37. The van der Waals surface area contributed by atoms with Gasteiger partial charge >= 0.3 is 0 Å². The van der Waals surface area contributed by atoms with Crippen LogP contribution in [0.2, 0.25) is 0 Å². The minimum absolute atomic E-state index is 0.0559. The summed E-state index contributed by atoms with van der Waals surface area (Å²) in [5.41, 5.74) is 0. The lowest BCUT2D eigenvalue weighted by molar-refractivity contribution is 0.152. The van der Waals surface area contributed by atoms with Crippen LogP contribution in [0.15, 0.2) is 12.7 Å². The fourth-order valence-corrected chi connectivity index (χ4v) is 2.13. The van der Waals surface area contributed by atoms with Crippen LogP contribution in [0.1, 0.15) is 32.1 Å². The normalized spacial score (nSPS) is 18.3. The third kappa shape index (κ3) is 3.49. The van der Waals surface area contributed by atoms with Gasteiger partial charge in [-0.2, -0.15) is 0 Å². The SMILES string of the molecule is C=CCN(CCC[O])C1CCCC1. The van der Waals surface area contributed by atoms with Gasteiger partial charge in [-0.15, -0.1) is 6.58 Å². The molecule has 1 rings (SSSR count). The molecule has 0 bridgehead atoms. The molecule has 1 saturated carbocycles. The summed E-state index contributed by atoms with van der Waals surface area (Å²) >= 11 is 0. The highest BCUT2D eigenvalue weighted by atomic mass is 16.3. The molecule has 0 spiro atoms. The van der Waals surface area contributed by atoms with Crippen molar-refractivity contribution in [3.8, 4) is 0 Å². The Morgan fingerprint density at radius 1 is 1.38 bits per heavy atom. The number of hydrogen-bond acceptors (Lipinski definition) is 1. The lowest BCUT2D eigenvalue weighted by Crippen LogP contribution is -2.34. The van der Waals surface area contributed by atoms with Crippen LogP contribution >= 0.6 is 0 Å². The molecule has 1 fully saturated rings. The Kier molecular flexibility index (Phi) is 5.09. The fourth-order valence-electron chi connectivity index (χ4n) is 2.13. The molecule has 1 radical (unpaired) electrons. The number of rotatable bonds is 6. The quantitative estimate of drug-likeness (QED) is 0.578. The van der Waals surface area contributed by atoms with Gasteiger partial charge in [0.2, 0.25) is 0 Å². The van der Waals surface area contributed by atoms with Gasteiger partial charge in [0.25, 0.3) is 0 Å². The van der Waals surface area contributed by atoms with Crippen LogP contribution in [-0.2, 0) is 5.11 Å². The van der Waals surface area contributed by atoms with Crippen molar-refractivity contribution in [2.45, 2.75) is 38.1 Å². The molecule has 1 aliphatic carbocycles. The number of nitrogens with zero attached hydrogens (tertiary/aromatic N) is 1. The number of hydrogen-bond donors (Lipinski definition) is 0. The average Bonchev–Trinajstić information content (AvgIpc) is 2.65. The van der Waals surface area contributed by atoms with E-state index in [1.807, 2.05) is 6.08 Å². The minimum atomic E-state index is 0.0559. The van der Waals surface area contributed by atoms with Gasteiger partial charge in [-0.25, -0.2) is 5.11 Å². The first kappa shape index (κ1) is 10.7. The Balaban J connectivity index is 2.30. The van der Waals surface area contributed by atoms with Crippen molar-refractivity contribution in [3.05, 3.63) is 12.7 Å². The third-order valence-corrected chi connectivity index (χ3v) is 2.79. The zero-order valence-corrected chi connectivity index (χ0v) is 8.37. The maximum atomic E-state index is 10.4. The Morgan fingerprint density at radius 2 is 2.08 bits per heavy atom. The second-order valence-electron chi connectivity index (χ2n) is 3.78. The molecule has 2 nitrogen and oxygen atoms in total. The van der Waals surface area contributed by atoms with Gasteiger partial charge in [0.15, 0.2) is 0 Å². The summed E-state index contributed by atoms with van der Waals surface area (Å²) in [4.78, 5) is 2.41. The van der Waals surface area contributed by atoms with Crippen LogP contribution < -0.4 is 0 Å². The van der Waals surface area contributed by atoms with Crippen molar-refractivity contribution in [3.63, 3.8) is 0 Å². The Morgan fingerprint density at radius 3 is 2.62 bits per heavy atom. The molecule has 0 aromatic rings. The van der Waals surface area contributed by atoms with Gasteiger partial charge in [0, 0.05) is 19.1 Å². The monoisotopic (exact) mass is 182 g/mol. The highest BCUT2D eigenvalue weighted by Crippen LogP contribution is 2.23. The maximum Gasteiger partial charge on any atom is 0.0834 e. The summed E-state index contributed by atoms with van der Waals surface area (Å²) in [6, 6.07) is 0.726. The zero-order chi connectivity index (χ0) is 9.52. The Bertz CT molecular complexity index is 141. The van der Waals surface area contributed by atoms with Crippen LogP contribution in [-0.4, -0.2) is 30.6 Å². The predicted octanol–water partition coefficient (Wildman–Crippen LogP) is 2.24. The molecule has 1 aliphatic rings. The third-order valence-electron chi connectivity index (χ3n) is 2.79. The molecule has 75 valence electrons. The van der Waals surface area contributed by atoms with E-state index in [1.165, 1.54) is 25.7 Å². The lowest BCUT2D eigenvalue weighted by Gasteiger charge is -2.26. The van der Waals surface area contributed by atoms with E-state index in [4.69, 9.17) is 0 Å². The van der Waals surface area contributed by atoms with Crippen molar-refractivity contribution < 1.29 is 5.11 Å². The van der Waals surface area contributed by atoms with E-state index in [2.05, 4.69) is 11.5 Å². The molecule has 0 amide bonds. The largest absolute Gasteiger partial charge is 0.297 e. The van der Waals surface area contributed by atoms with Crippen molar-refractivity contribution in [1.82, 2.24) is 4.90 Å². The van der Waals surface area contributed by atoms with E-state index in [-0.39, 0.29) is 6.61 Å². The highest BCUT2D eigenvalue weighted by molar-refractivity contribution is 4.82. The summed E-state index contributed by atoms with van der Waals surface area (Å²) < 4.78 is 0. The molecular formula is C11H20NO. The summed E-state index contributed by atoms with van der Waals surface area (Å²) in [5, 5.41) is 10.4. The standard InChI is InChI=1S/C11H20NO/c1-2-8-12(9-5-10-13)11-6-3-4-7-11/h2,11H,1,3-10H2. The van der Waals surface area contributed by atoms with Crippen LogP contribution in [0.4, 0.5) is 0 Å².